The van der Waals surface area contributed by atoms with Crippen molar-refractivity contribution in [1.82, 2.24) is 5.32 Å². The number of hydrogen-bond acceptors (Lipinski definition) is 3. The maximum absolute atomic E-state index is 11.5. The Morgan fingerprint density at radius 1 is 1.57 bits per heavy atom. The molecule has 0 aliphatic carbocycles. The molecule has 0 radical (unpaired) electrons. The van der Waals surface area contributed by atoms with Gasteiger partial charge < -0.3 is 10.1 Å². The minimum atomic E-state index is -0.335. The predicted molar refractivity (Wildman–Crippen MR) is 56.0 cm³/mol. The van der Waals surface area contributed by atoms with Gasteiger partial charge in [0.15, 0.2) is 0 Å². The van der Waals surface area contributed by atoms with Gasteiger partial charge >= 0.3 is 5.97 Å². The Labute approximate surface area is 86.2 Å². The molecule has 3 nitrogen and oxygen atoms in total. The number of hydrogen-bond donors (Lipinski definition) is 1. The zero-order valence-electron chi connectivity index (χ0n) is 9.43. The van der Waals surface area contributed by atoms with Crippen LogP contribution in [0.1, 0.15) is 33.1 Å². The summed E-state index contributed by atoms with van der Waals surface area (Å²) in [4.78, 5) is 11.5. The van der Waals surface area contributed by atoms with Gasteiger partial charge in [0.2, 0.25) is 0 Å². The molecule has 1 saturated heterocycles. The van der Waals surface area contributed by atoms with Crippen LogP contribution in [0.4, 0.5) is 0 Å². The molecule has 0 aromatic heterocycles. The monoisotopic (exact) mass is 199 g/mol. The number of ether oxygens (including phenoxy) is 1. The van der Waals surface area contributed by atoms with Crippen molar-refractivity contribution in [2.45, 2.75) is 33.1 Å². The van der Waals surface area contributed by atoms with Crippen molar-refractivity contribution in [3.63, 3.8) is 0 Å². The molecular formula is C11H21NO2. The first-order valence-corrected chi connectivity index (χ1v) is 5.35. The average molecular weight is 199 g/mol. The normalized spacial score (nSPS) is 23.2. The highest BCUT2D eigenvalue weighted by Crippen LogP contribution is 2.29. The molecule has 0 spiro atoms. The summed E-state index contributed by atoms with van der Waals surface area (Å²) in [7, 11) is 1.46. The molecule has 1 aliphatic heterocycles. The molecular weight excluding hydrogens is 178 g/mol. The van der Waals surface area contributed by atoms with E-state index in [2.05, 4.69) is 5.32 Å². The standard InChI is InChI=1S/C11H21NO2/c1-11(2,10(13)14-3)7-9-5-4-6-12-8-9/h9,12H,4-8H2,1-3H3. The third-order valence-corrected chi connectivity index (χ3v) is 2.94. The van der Waals surface area contributed by atoms with Crippen LogP contribution in [0.25, 0.3) is 0 Å². The van der Waals surface area contributed by atoms with Crippen LogP contribution in [-0.4, -0.2) is 26.2 Å². The summed E-state index contributed by atoms with van der Waals surface area (Å²) in [6, 6.07) is 0. The van der Waals surface area contributed by atoms with Crippen LogP contribution in [0, 0.1) is 11.3 Å². The van der Waals surface area contributed by atoms with E-state index < -0.39 is 0 Å². The fourth-order valence-electron chi connectivity index (χ4n) is 2.18. The van der Waals surface area contributed by atoms with Crippen molar-refractivity contribution >= 4 is 5.97 Å². The van der Waals surface area contributed by atoms with Crippen LogP contribution in [0.5, 0.6) is 0 Å². The highest BCUT2D eigenvalue weighted by molar-refractivity contribution is 5.75. The van der Waals surface area contributed by atoms with Crippen LogP contribution in [0.3, 0.4) is 0 Å². The lowest BCUT2D eigenvalue weighted by molar-refractivity contribution is -0.151. The quantitative estimate of drug-likeness (QED) is 0.701. The van der Waals surface area contributed by atoms with E-state index in [-0.39, 0.29) is 11.4 Å². The second-order valence-electron chi connectivity index (χ2n) is 4.79. The van der Waals surface area contributed by atoms with E-state index >= 15 is 0 Å². The van der Waals surface area contributed by atoms with Crippen LogP contribution >= 0.6 is 0 Å². The lowest BCUT2D eigenvalue weighted by Gasteiger charge is -2.30. The molecule has 0 bridgehead atoms. The smallest absolute Gasteiger partial charge is 0.311 e. The predicted octanol–water partition coefficient (Wildman–Crippen LogP) is 1.58. The molecule has 3 heteroatoms. The van der Waals surface area contributed by atoms with Gasteiger partial charge in [0.1, 0.15) is 0 Å². The topological polar surface area (TPSA) is 38.3 Å². The Morgan fingerprint density at radius 2 is 2.29 bits per heavy atom. The zero-order chi connectivity index (χ0) is 10.6. The molecule has 1 N–H and O–H groups in total. The third kappa shape index (κ3) is 2.98. The number of rotatable bonds is 3. The fraction of sp³-hybridized carbons (Fsp3) is 0.909. The molecule has 1 heterocycles. The average Bonchev–Trinajstić information content (AvgIpc) is 2.17. The van der Waals surface area contributed by atoms with Crippen LogP contribution < -0.4 is 5.32 Å². The molecule has 0 amide bonds. The summed E-state index contributed by atoms with van der Waals surface area (Å²) in [6.07, 6.45) is 3.38. The summed E-state index contributed by atoms with van der Waals surface area (Å²) in [5.41, 5.74) is -0.335. The van der Waals surface area contributed by atoms with E-state index in [9.17, 15) is 4.79 Å². The Kier molecular flexibility index (Phi) is 3.93. The molecule has 1 aliphatic rings. The molecule has 0 saturated carbocycles. The van der Waals surface area contributed by atoms with Crippen molar-refractivity contribution in [2.24, 2.45) is 11.3 Å². The first-order chi connectivity index (χ1) is 6.56. The van der Waals surface area contributed by atoms with Crippen LogP contribution in [0.2, 0.25) is 0 Å². The molecule has 1 atom stereocenters. The fourth-order valence-corrected chi connectivity index (χ4v) is 2.18. The summed E-state index contributed by atoms with van der Waals surface area (Å²) in [5.74, 6) is 0.529. The summed E-state index contributed by atoms with van der Waals surface area (Å²) >= 11 is 0. The van der Waals surface area contributed by atoms with Gasteiger partial charge in [-0.1, -0.05) is 0 Å². The van der Waals surface area contributed by atoms with E-state index in [0.717, 1.165) is 19.5 Å². The van der Waals surface area contributed by atoms with Crippen molar-refractivity contribution in [3.8, 4) is 0 Å². The summed E-state index contributed by atoms with van der Waals surface area (Å²) < 4.78 is 4.80. The number of carbonyl (C=O) groups excluding carboxylic acids is 1. The number of esters is 1. The minimum Gasteiger partial charge on any atom is -0.469 e. The Morgan fingerprint density at radius 3 is 2.79 bits per heavy atom. The van der Waals surface area contributed by atoms with Gasteiger partial charge in [-0.15, -0.1) is 0 Å². The summed E-state index contributed by atoms with van der Waals surface area (Å²) in [6.45, 7) is 6.09. The van der Waals surface area contributed by atoms with Crippen LogP contribution in [0.15, 0.2) is 0 Å². The van der Waals surface area contributed by atoms with Gasteiger partial charge in [0.25, 0.3) is 0 Å². The molecule has 82 valence electrons. The Bertz CT molecular complexity index is 195. The highest BCUT2D eigenvalue weighted by Gasteiger charge is 2.32. The number of carbonyl (C=O) groups is 1. The van der Waals surface area contributed by atoms with Gasteiger partial charge in [-0.25, -0.2) is 0 Å². The van der Waals surface area contributed by atoms with E-state index in [1.54, 1.807) is 0 Å². The number of methoxy groups -OCH3 is 1. The molecule has 1 unspecified atom stereocenters. The maximum Gasteiger partial charge on any atom is 0.311 e. The second-order valence-corrected chi connectivity index (χ2v) is 4.79. The van der Waals surface area contributed by atoms with Gasteiger partial charge in [0.05, 0.1) is 12.5 Å². The SMILES string of the molecule is COC(=O)C(C)(C)CC1CCCNC1. The number of nitrogens with one attached hydrogen (secondary N) is 1. The molecule has 0 aromatic rings. The largest absolute Gasteiger partial charge is 0.469 e. The molecule has 1 rings (SSSR count). The highest BCUT2D eigenvalue weighted by atomic mass is 16.5. The molecule has 1 fully saturated rings. The van der Waals surface area contributed by atoms with E-state index in [0.29, 0.717) is 5.92 Å². The van der Waals surface area contributed by atoms with Gasteiger partial charge in [-0.3, -0.25) is 4.79 Å². The second kappa shape index (κ2) is 4.78. The molecule has 0 aromatic carbocycles. The summed E-state index contributed by atoms with van der Waals surface area (Å²) in [5, 5.41) is 3.36. The Hall–Kier alpha value is -0.570. The van der Waals surface area contributed by atoms with Crippen molar-refractivity contribution in [1.29, 1.82) is 0 Å². The van der Waals surface area contributed by atoms with Gasteiger partial charge in [-0.2, -0.15) is 0 Å². The van der Waals surface area contributed by atoms with Crippen LogP contribution in [-0.2, 0) is 9.53 Å². The molecule has 14 heavy (non-hydrogen) atoms. The van der Waals surface area contributed by atoms with Gasteiger partial charge in [0, 0.05) is 0 Å². The first-order valence-electron chi connectivity index (χ1n) is 5.35. The maximum atomic E-state index is 11.5. The van der Waals surface area contributed by atoms with Crippen molar-refractivity contribution < 1.29 is 9.53 Å². The van der Waals surface area contributed by atoms with E-state index in [1.165, 1.54) is 20.0 Å². The van der Waals surface area contributed by atoms with E-state index in [4.69, 9.17) is 4.74 Å². The van der Waals surface area contributed by atoms with Crippen molar-refractivity contribution in [3.05, 3.63) is 0 Å². The van der Waals surface area contributed by atoms with Crippen molar-refractivity contribution in [2.75, 3.05) is 20.2 Å². The lowest BCUT2D eigenvalue weighted by Crippen LogP contribution is -2.35. The third-order valence-electron chi connectivity index (χ3n) is 2.94. The minimum absolute atomic E-state index is 0.0944. The first kappa shape index (κ1) is 11.5. The van der Waals surface area contributed by atoms with Gasteiger partial charge in [-0.05, 0) is 52.1 Å². The Balaban J connectivity index is 2.44. The zero-order valence-corrected chi connectivity index (χ0v) is 9.43. The lowest BCUT2D eigenvalue weighted by atomic mass is 9.80. The number of piperidine rings is 1. The van der Waals surface area contributed by atoms with E-state index in [1.807, 2.05) is 13.8 Å².